The molecule has 7 heteroatoms. The Labute approximate surface area is 138 Å². The molecule has 0 aromatic heterocycles. The quantitative estimate of drug-likeness (QED) is 0.647. The van der Waals surface area contributed by atoms with Crippen LogP contribution in [0.25, 0.3) is 0 Å². The predicted molar refractivity (Wildman–Crippen MR) is 82.5 cm³/mol. The van der Waals surface area contributed by atoms with Crippen LogP contribution in [0.5, 0.6) is 0 Å². The zero-order valence-corrected chi connectivity index (χ0v) is 13.8. The van der Waals surface area contributed by atoms with Gasteiger partial charge in [-0.1, -0.05) is 23.7 Å². The van der Waals surface area contributed by atoms with E-state index >= 15 is 0 Å². The van der Waals surface area contributed by atoms with Gasteiger partial charge < -0.3 is 4.74 Å². The highest BCUT2D eigenvalue weighted by molar-refractivity contribution is 6.30. The molecule has 0 saturated carbocycles. The minimum absolute atomic E-state index is 0.292. The highest BCUT2D eigenvalue weighted by Crippen LogP contribution is 2.48. The van der Waals surface area contributed by atoms with E-state index < -0.39 is 29.4 Å². The zero-order valence-electron chi connectivity index (χ0n) is 13.0. The Kier molecular flexibility index (Phi) is 3.69. The largest absolute Gasteiger partial charge is 0.468 e. The van der Waals surface area contributed by atoms with Crippen LogP contribution in [0.3, 0.4) is 0 Å². The Morgan fingerprint density at radius 1 is 1.26 bits per heavy atom. The van der Waals surface area contributed by atoms with Gasteiger partial charge in [0.2, 0.25) is 11.8 Å². The van der Waals surface area contributed by atoms with Gasteiger partial charge in [-0.2, -0.15) is 0 Å². The lowest BCUT2D eigenvalue weighted by molar-refractivity contribution is -0.152. The summed E-state index contributed by atoms with van der Waals surface area (Å²) in [6.07, 6.45) is 0. The molecule has 0 radical (unpaired) electrons. The summed E-state index contributed by atoms with van der Waals surface area (Å²) in [7, 11) is 2.71. The maximum absolute atomic E-state index is 12.5. The number of amides is 2. The summed E-state index contributed by atoms with van der Waals surface area (Å²) in [5, 5.41) is 3.73. The number of hydrogen-bond acceptors (Lipinski definition) is 5. The van der Waals surface area contributed by atoms with Crippen molar-refractivity contribution in [3.05, 3.63) is 34.9 Å². The SMILES string of the molecule is COC(=O)[C@]1(C)N[C@H](c2ccc(Cl)cc2)[C@@H]2C(=O)N(C)C(=O)[C@H]21. The van der Waals surface area contributed by atoms with Gasteiger partial charge in [-0.05, 0) is 24.6 Å². The first-order chi connectivity index (χ1) is 10.8. The Balaban J connectivity index is 2.09. The number of halogens is 1. The fraction of sp³-hybridized carbons (Fsp3) is 0.438. The number of carbonyl (C=O) groups is 3. The van der Waals surface area contributed by atoms with Crippen LogP contribution in [0.2, 0.25) is 5.02 Å². The molecule has 6 nitrogen and oxygen atoms in total. The van der Waals surface area contributed by atoms with Crippen molar-refractivity contribution in [3.8, 4) is 0 Å². The first-order valence-electron chi connectivity index (χ1n) is 7.24. The summed E-state index contributed by atoms with van der Waals surface area (Å²) >= 11 is 5.91. The maximum Gasteiger partial charge on any atom is 0.326 e. The van der Waals surface area contributed by atoms with Crippen LogP contribution < -0.4 is 5.32 Å². The summed E-state index contributed by atoms with van der Waals surface area (Å²) in [5.74, 6) is -2.64. The third kappa shape index (κ3) is 2.16. The van der Waals surface area contributed by atoms with Crippen molar-refractivity contribution in [3.63, 3.8) is 0 Å². The van der Waals surface area contributed by atoms with Crippen LogP contribution in [0, 0.1) is 11.8 Å². The molecule has 0 aliphatic carbocycles. The molecular formula is C16H17ClN2O4. The van der Waals surface area contributed by atoms with Gasteiger partial charge in [-0.15, -0.1) is 0 Å². The molecular weight excluding hydrogens is 320 g/mol. The molecule has 23 heavy (non-hydrogen) atoms. The number of rotatable bonds is 2. The fourth-order valence-electron chi connectivity index (χ4n) is 3.64. The Hall–Kier alpha value is -1.92. The third-order valence-electron chi connectivity index (χ3n) is 4.85. The molecule has 2 aliphatic rings. The molecule has 2 aliphatic heterocycles. The van der Waals surface area contributed by atoms with E-state index in [0.29, 0.717) is 5.02 Å². The molecule has 122 valence electrons. The molecule has 0 spiro atoms. The summed E-state index contributed by atoms with van der Waals surface area (Å²) in [4.78, 5) is 38.4. The van der Waals surface area contributed by atoms with Crippen LogP contribution >= 0.6 is 11.6 Å². The Morgan fingerprint density at radius 3 is 2.43 bits per heavy atom. The summed E-state index contributed by atoms with van der Waals surface area (Å²) in [5.41, 5.74) is -0.449. The molecule has 1 aromatic rings. The van der Waals surface area contributed by atoms with E-state index in [1.54, 1.807) is 31.2 Å². The number of imide groups is 1. The van der Waals surface area contributed by atoms with Crippen molar-refractivity contribution in [2.75, 3.05) is 14.2 Å². The van der Waals surface area contributed by atoms with Crippen molar-refractivity contribution in [1.82, 2.24) is 10.2 Å². The summed E-state index contributed by atoms with van der Waals surface area (Å²) < 4.78 is 4.86. The topological polar surface area (TPSA) is 75.7 Å². The average Bonchev–Trinajstić information content (AvgIpc) is 2.97. The normalized spacial score (nSPS) is 33.0. The molecule has 0 bridgehead atoms. The second-order valence-corrected chi connectivity index (χ2v) is 6.54. The molecule has 3 rings (SSSR count). The van der Waals surface area contributed by atoms with Gasteiger partial charge in [-0.25, -0.2) is 0 Å². The van der Waals surface area contributed by atoms with Gasteiger partial charge in [0, 0.05) is 18.1 Å². The smallest absolute Gasteiger partial charge is 0.326 e. The van der Waals surface area contributed by atoms with Crippen molar-refractivity contribution in [1.29, 1.82) is 0 Å². The number of methoxy groups -OCH3 is 1. The number of fused-ring (bicyclic) bond motifs is 1. The van der Waals surface area contributed by atoms with E-state index in [4.69, 9.17) is 16.3 Å². The second-order valence-electron chi connectivity index (χ2n) is 6.11. The van der Waals surface area contributed by atoms with Gasteiger partial charge >= 0.3 is 5.97 Å². The molecule has 4 atom stereocenters. The van der Waals surface area contributed by atoms with E-state index in [1.807, 2.05) is 0 Å². The Bertz CT molecular complexity index is 690. The minimum atomic E-state index is -1.25. The van der Waals surface area contributed by atoms with E-state index in [2.05, 4.69) is 5.32 Å². The predicted octanol–water partition coefficient (Wildman–Crippen LogP) is 1.15. The van der Waals surface area contributed by atoms with Crippen LogP contribution in [-0.4, -0.2) is 42.4 Å². The highest BCUT2D eigenvalue weighted by atomic mass is 35.5. The maximum atomic E-state index is 12.5. The van der Waals surface area contributed by atoms with Crippen LogP contribution in [-0.2, 0) is 19.1 Å². The number of hydrogen-bond donors (Lipinski definition) is 1. The van der Waals surface area contributed by atoms with Gasteiger partial charge in [0.25, 0.3) is 0 Å². The van der Waals surface area contributed by atoms with Gasteiger partial charge in [0.1, 0.15) is 5.54 Å². The molecule has 2 heterocycles. The lowest BCUT2D eigenvalue weighted by atomic mass is 9.80. The van der Waals surface area contributed by atoms with E-state index in [-0.39, 0.29) is 11.8 Å². The number of carbonyl (C=O) groups excluding carboxylic acids is 3. The number of esters is 1. The molecule has 2 saturated heterocycles. The standard InChI is InChI=1S/C16H17ClN2O4/c1-16(15(22)23-3)11-10(13(20)19(2)14(11)21)12(18-16)8-4-6-9(17)7-5-8/h4-7,10-12,18H,1-3H3/t10-,11+,12-,16-/m1/s1. The van der Waals surface area contributed by atoms with Crippen molar-refractivity contribution >= 4 is 29.4 Å². The molecule has 1 N–H and O–H groups in total. The first kappa shape index (κ1) is 16.0. The van der Waals surface area contributed by atoms with Crippen molar-refractivity contribution in [2.45, 2.75) is 18.5 Å². The average molecular weight is 337 g/mol. The van der Waals surface area contributed by atoms with Gasteiger partial charge in [0.05, 0.1) is 18.9 Å². The zero-order chi connectivity index (χ0) is 16.9. The van der Waals surface area contributed by atoms with Crippen LogP contribution in [0.15, 0.2) is 24.3 Å². The molecule has 0 unspecified atom stereocenters. The lowest BCUT2D eigenvalue weighted by Crippen LogP contribution is -2.53. The fourth-order valence-corrected chi connectivity index (χ4v) is 3.77. The van der Waals surface area contributed by atoms with Crippen LogP contribution in [0.1, 0.15) is 18.5 Å². The van der Waals surface area contributed by atoms with Gasteiger partial charge in [-0.3, -0.25) is 24.6 Å². The number of nitrogens with zero attached hydrogens (tertiary/aromatic N) is 1. The third-order valence-corrected chi connectivity index (χ3v) is 5.10. The highest BCUT2D eigenvalue weighted by Gasteiger charge is 2.66. The van der Waals surface area contributed by atoms with Crippen molar-refractivity contribution in [2.24, 2.45) is 11.8 Å². The number of benzene rings is 1. The van der Waals surface area contributed by atoms with Crippen molar-refractivity contribution < 1.29 is 19.1 Å². The van der Waals surface area contributed by atoms with Gasteiger partial charge in [0.15, 0.2) is 0 Å². The number of ether oxygens (including phenoxy) is 1. The summed E-state index contributed by atoms with van der Waals surface area (Å²) in [6, 6.07) is 6.55. The monoisotopic (exact) mass is 336 g/mol. The number of nitrogens with one attached hydrogen (secondary N) is 1. The Morgan fingerprint density at radius 2 is 1.87 bits per heavy atom. The lowest BCUT2D eigenvalue weighted by Gasteiger charge is -2.27. The second kappa shape index (κ2) is 5.32. The van der Waals surface area contributed by atoms with E-state index in [9.17, 15) is 14.4 Å². The minimum Gasteiger partial charge on any atom is -0.468 e. The first-order valence-corrected chi connectivity index (χ1v) is 7.62. The van der Waals surface area contributed by atoms with Crippen LogP contribution in [0.4, 0.5) is 0 Å². The molecule has 2 fully saturated rings. The molecule has 1 aromatic carbocycles. The van der Waals surface area contributed by atoms with E-state index in [0.717, 1.165) is 10.5 Å². The molecule has 2 amide bonds. The van der Waals surface area contributed by atoms with E-state index in [1.165, 1.54) is 14.2 Å². The number of likely N-dealkylation sites (tertiary alicyclic amines) is 1. The summed E-state index contributed by atoms with van der Waals surface area (Å²) in [6.45, 7) is 1.61.